The summed E-state index contributed by atoms with van der Waals surface area (Å²) < 4.78 is 45.9. The van der Waals surface area contributed by atoms with Gasteiger partial charge in [-0.25, -0.2) is 22.3 Å². The van der Waals surface area contributed by atoms with Crippen LogP contribution in [-0.2, 0) is 21.3 Å². The van der Waals surface area contributed by atoms with Crippen LogP contribution in [0.15, 0.2) is 42.7 Å². The molecule has 9 heteroatoms. The van der Waals surface area contributed by atoms with Gasteiger partial charge in [-0.3, -0.25) is 9.55 Å². The van der Waals surface area contributed by atoms with Crippen LogP contribution >= 0.6 is 0 Å². The largest absolute Gasteiger partial charge is 0.443 e. The lowest BCUT2D eigenvalue weighted by atomic mass is 10.0. The van der Waals surface area contributed by atoms with Gasteiger partial charge in [-0.15, -0.1) is 0 Å². The first-order valence-corrected chi connectivity index (χ1v) is 10.8. The van der Waals surface area contributed by atoms with Gasteiger partial charge in [0, 0.05) is 29.9 Å². The van der Waals surface area contributed by atoms with Crippen LogP contribution in [0.5, 0.6) is 0 Å². The summed E-state index contributed by atoms with van der Waals surface area (Å²) in [7, 11) is -3.41. The number of pyridine rings is 1. The van der Waals surface area contributed by atoms with E-state index in [0.717, 1.165) is 6.26 Å². The van der Waals surface area contributed by atoms with Crippen molar-refractivity contribution < 1.29 is 22.3 Å². The third-order valence-corrected chi connectivity index (χ3v) is 4.65. The number of carbonyl (C=O) groups excluding carboxylic acids is 1. The first-order chi connectivity index (χ1) is 13.4. The maximum atomic E-state index is 14.2. The van der Waals surface area contributed by atoms with Crippen molar-refractivity contribution in [3.8, 4) is 11.3 Å². The van der Waals surface area contributed by atoms with Gasteiger partial charge in [0.25, 0.3) is 0 Å². The van der Waals surface area contributed by atoms with Crippen molar-refractivity contribution in [1.29, 1.82) is 0 Å². The van der Waals surface area contributed by atoms with Crippen molar-refractivity contribution >= 4 is 27.0 Å². The fourth-order valence-electron chi connectivity index (χ4n) is 2.87. The minimum Gasteiger partial charge on any atom is -0.443 e. The predicted octanol–water partition coefficient (Wildman–Crippen LogP) is 3.67. The van der Waals surface area contributed by atoms with E-state index >= 15 is 0 Å². The van der Waals surface area contributed by atoms with Gasteiger partial charge in [-0.2, -0.15) is 0 Å². The van der Waals surface area contributed by atoms with Gasteiger partial charge in [0.05, 0.1) is 17.5 Å². The maximum absolute atomic E-state index is 14.2. The Morgan fingerprint density at radius 1 is 1.24 bits per heavy atom. The molecule has 1 aromatic carbocycles. The summed E-state index contributed by atoms with van der Waals surface area (Å²) in [4.78, 5) is 16.8. The summed E-state index contributed by atoms with van der Waals surface area (Å²) in [6.07, 6.45) is 3.61. The van der Waals surface area contributed by atoms with E-state index in [1.54, 1.807) is 45.2 Å². The Balaban J connectivity index is 2.03. The van der Waals surface area contributed by atoms with Gasteiger partial charge in [0.1, 0.15) is 11.4 Å². The van der Waals surface area contributed by atoms with Crippen molar-refractivity contribution in [2.24, 2.45) is 0 Å². The molecule has 0 bridgehead atoms. The van der Waals surface area contributed by atoms with Crippen molar-refractivity contribution in [3.63, 3.8) is 0 Å². The third-order valence-electron chi connectivity index (χ3n) is 3.98. The zero-order valence-electron chi connectivity index (χ0n) is 16.6. The van der Waals surface area contributed by atoms with Gasteiger partial charge in [0.15, 0.2) is 0 Å². The second-order valence-corrected chi connectivity index (χ2v) is 9.53. The van der Waals surface area contributed by atoms with Gasteiger partial charge >= 0.3 is 6.09 Å². The summed E-state index contributed by atoms with van der Waals surface area (Å²) in [5.41, 5.74) is 1.33. The number of sulfonamides is 1. The molecule has 3 rings (SSSR count). The number of ether oxygens (including phenoxy) is 1. The van der Waals surface area contributed by atoms with E-state index in [0.29, 0.717) is 27.7 Å². The van der Waals surface area contributed by atoms with Crippen LogP contribution in [0.3, 0.4) is 0 Å². The molecule has 0 unspecified atom stereocenters. The minimum atomic E-state index is -3.41. The van der Waals surface area contributed by atoms with E-state index in [4.69, 9.17) is 4.74 Å². The van der Waals surface area contributed by atoms with Crippen LogP contribution in [0.2, 0.25) is 0 Å². The molecule has 0 saturated carbocycles. The monoisotopic (exact) mass is 419 g/mol. The molecular formula is C20H22FN3O4S. The smallest absolute Gasteiger partial charge is 0.418 e. The van der Waals surface area contributed by atoms with E-state index in [9.17, 15) is 17.6 Å². The van der Waals surface area contributed by atoms with Gasteiger partial charge in [-0.05, 0) is 56.7 Å². The van der Waals surface area contributed by atoms with Crippen molar-refractivity contribution in [3.05, 3.63) is 54.1 Å². The van der Waals surface area contributed by atoms with Gasteiger partial charge < -0.3 is 4.74 Å². The fraction of sp³-hybridized carbons (Fsp3) is 0.300. The molecule has 0 aliphatic heterocycles. The van der Waals surface area contributed by atoms with E-state index in [-0.39, 0.29) is 6.54 Å². The number of hydrogen-bond donors (Lipinski definition) is 1. The number of benzene rings is 1. The van der Waals surface area contributed by atoms with Crippen LogP contribution in [0.4, 0.5) is 9.18 Å². The number of nitrogens with zero attached hydrogens (tertiary/aromatic N) is 2. The van der Waals surface area contributed by atoms with Crippen LogP contribution in [0.1, 0.15) is 26.3 Å². The highest BCUT2D eigenvalue weighted by molar-refractivity contribution is 7.88. The molecular weight excluding hydrogens is 397 g/mol. The first kappa shape index (κ1) is 20.9. The molecule has 0 radical (unpaired) electrons. The zero-order valence-corrected chi connectivity index (χ0v) is 17.4. The first-order valence-electron chi connectivity index (χ1n) is 8.87. The average molecular weight is 419 g/mol. The highest BCUT2D eigenvalue weighted by Gasteiger charge is 2.20. The Morgan fingerprint density at radius 2 is 1.97 bits per heavy atom. The fourth-order valence-corrected chi connectivity index (χ4v) is 3.30. The number of fused-ring (bicyclic) bond motifs is 1. The molecule has 2 heterocycles. The lowest BCUT2D eigenvalue weighted by Gasteiger charge is -2.19. The Kier molecular flexibility index (Phi) is 5.46. The highest BCUT2D eigenvalue weighted by atomic mass is 32.2. The van der Waals surface area contributed by atoms with Crippen LogP contribution in [0, 0.1) is 5.82 Å². The predicted molar refractivity (Wildman–Crippen MR) is 108 cm³/mol. The summed E-state index contributed by atoms with van der Waals surface area (Å²) in [5, 5.41) is 0.644. The zero-order chi connectivity index (χ0) is 21.4. The Morgan fingerprint density at radius 3 is 2.62 bits per heavy atom. The van der Waals surface area contributed by atoms with Crippen molar-refractivity contribution in [2.75, 3.05) is 6.26 Å². The minimum absolute atomic E-state index is 0.0432. The lowest BCUT2D eigenvalue weighted by Crippen LogP contribution is -2.26. The third kappa shape index (κ3) is 5.18. The molecule has 0 amide bonds. The van der Waals surface area contributed by atoms with E-state index in [1.165, 1.54) is 22.9 Å². The number of aromatic nitrogens is 2. The summed E-state index contributed by atoms with van der Waals surface area (Å²) in [6.45, 7) is 5.30. The molecule has 29 heavy (non-hydrogen) atoms. The second kappa shape index (κ2) is 7.57. The lowest BCUT2D eigenvalue weighted by molar-refractivity contribution is 0.0544. The Bertz CT molecular complexity index is 1180. The van der Waals surface area contributed by atoms with Gasteiger partial charge in [0.2, 0.25) is 10.0 Å². The number of halogens is 1. The molecule has 0 saturated heterocycles. The van der Waals surface area contributed by atoms with Gasteiger partial charge in [-0.1, -0.05) is 0 Å². The van der Waals surface area contributed by atoms with E-state index in [2.05, 4.69) is 9.71 Å². The topological polar surface area (TPSA) is 90.3 Å². The molecule has 154 valence electrons. The number of carbonyl (C=O) groups is 1. The SMILES string of the molecule is CC(C)(C)OC(=O)n1ccc2c(-c3cc(F)cc(CNS(C)(=O)=O)c3)nccc21. The molecule has 0 aliphatic carbocycles. The molecule has 0 aliphatic rings. The number of hydrogen-bond acceptors (Lipinski definition) is 5. The molecule has 0 spiro atoms. The molecule has 0 atom stereocenters. The molecule has 7 nitrogen and oxygen atoms in total. The normalized spacial score (nSPS) is 12.3. The van der Waals surface area contributed by atoms with E-state index in [1.807, 2.05) is 0 Å². The molecule has 2 aromatic heterocycles. The number of nitrogens with one attached hydrogen (secondary N) is 1. The summed E-state index contributed by atoms with van der Waals surface area (Å²) >= 11 is 0. The Labute approximate surface area is 168 Å². The van der Waals surface area contributed by atoms with Crippen LogP contribution in [-0.4, -0.2) is 35.9 Å². The van der Waals surface area contributed by atoms with E-state index < -0.39 is 27.5 Å². The molecule has 3 aromatic rings. The van der Waals surface area contributed by atoms with Crippen LogP contribution < -0.4 is 4.72 Å². The molecule has 1 N–H and O–H groups in total. The summed E-state index contributed by atoms with van der Waals surface area (Å²) in [6, 6.07) is 7.62. The van der Waals surface area contributed by atoms with Crippen LogP contribution in [0.25, 0.3) is 22.2 Å². The molecule has 0 fully saturated rings. The summed E-state index contributed by atoms with van der Waals surface area (Å²) in [5.74, 6) is -0.516. The standard InChI is InChI=1S/C20H22FN3O4S/c1-20(2,3)28-19(25)24-8-6-16-17(24)5-7-22-18(16)14-9-13(10-15(21)11-14)12-23-29(4,26)27/h5-11,23H,12H2,1-4H3. The average Bonchev–Trinajstić information content (AvgIpc) is 3.01. The number of rotatable bonds is 4. The maximum Gasteiger partial charge on any atom is 0.418 e. The quantitative estimate of drug-likeness (QED) is 0.697. The van der Waals surface area contributed by atoms with Crippen molar-refractivity contribution in [1.82, 2.24) is 14.3 Å². The second-order valence-electron chi connectivity index (χ2n) is 7.70. The Hall–Kier alpha value is -2.78. The van der Waals surface area contributed by atoms with Crippen molar-refractivity contribution in [2.45, 2.75) is 32.9 Å². The highest BCUT2D eigenvalue weighted by Crippen LogP contribution is 2.29.